The largest absolute Gasteiger partial charge is 0.358 e. The van der Waals surface area contributed by atoms with Crippen molar-refractivity contribution in [2.45, 2.75) is 25.9 Å². The number of nitrogens with one attached hydrogen (secondary N) is 1. The zero-order valence-corrected chi connectivity index (χ0v) is 16.1. The summed E-state index contributed by atoms with van der Waals surface area (Å²) in [4.78, 5) is 11.6. The van der Waals surface area contributed by atoms with Gasteiger partial charge >= 0.3 is 0 Å². The summed E-state index contributed by atoms with van der Waals surface area (Å²) in [5, 5.41) is 6.57. The van der Waals surface area contributed by atoms with E-state index in [1.807, 2.05) is 23.7 Å². The molecule has 3 aromatic rings. The van der Waals surface area contributed by atoms with Crippen LogP contribution >= 0.6 is 11.3 Å². The van der Waals surface area contributed by atoms with Gasteiger partial charge in [-0.1, -0.05) is 13.0 Å². The highest BCUT2D eigenvalue weighted by Gasteiger charge is 2.26. The van der Waals surface area contributed by atoms with Gasteiger partial charge in [0.15, 0.2) is 5.13 Å². The Bertz CT molecular complexity index is 865. The molecule has 1 aromatic carbocycles. The van der Waals surface area contributed by atoms with Crippen molar-refractivity contribution in [3.8, 4) is 11.3 Å². The summed E-state index contributed by atoms with van der Waals surface area (Å²) in [5.41, 5.74) is 2.96. The van der Waals surface area contributed by atoms with Crippen molar-refractivity contribution in [3.05, 3.63) is 65.6 Å². The second-order valence-electron chi connectivity index (χ2n) is 7.12. The fourth-order valence-corrected chi connectivity index (χ4v) is 4.35. The lowest BCUT2D eigenvalue weighted by molar-refractivity contribution is 0.163. The number of hydrogen-bond acceptors (Lipinski definition) is 5. The molecule has 2 atom stereocenters. The lowest BCUT2D eigenvalue weighted by Crippen LogP contribution is -2.44. The van der Waals surface area contributed by atoms with Crippen LogP contribution in [0.2, 0.25) is 0 Å². The van der Waals surface area contributed by atoms with Crippen molar-refractivity contribution in [1.82, 2.24) is 14.9 Å². The molecule has 0 spiro atoms. The molecule has 1 fully saturated rings. The molecule has 2 aromatic heterocycles. The average Bonchev–Trinajstić information content (AvgIpc) is 3.14. The quantitative estimate of drug-likeness (QED) is 0.696. The van der Waals surface area contributed by atoms with Crippen LogP contribution in [0.4, 0.5) is 9.52 Å². The van der Waals surface area contributed by atoms with Gasteiger partial charge in [0.2, 0.25) is 0 Å². The van der Waals surface area contributed by atoms with Gasteiger partial charge in [0.05, 0.1) is 11.4 Å². The van der Waals surface area contributed by atoms with Crippen LogP contribution in [0.5, 0.6) is 0 Å². The minimum absolute atomic E-state index is 0.224. The first kappa shape index (κ1) is 18.1. The summed E-state index contributed by atoms with van der Waals surface area (Å²) in [5.74, 6) is 0.305. The number of nitrogens with zero attached hydrogens (tertiary/aromatic N) is 3. The summed E-state index contributed by atoms with van der Waals surface area (Å²) < 4.78 is 13.1. The SMILES string of the molecule is CC1CN(Cc2ccccn2)CCC1Nc1nc(-c2ccc(F)cc2)cs1. The molecule has 140 valence electrons. The fourth-order valence-electron chi connectivity index (χ4n) is 3.56. The first-order chi connectivity index (χ1) is 13.2. The third-order valence-electron chi connectivity index (χ3n) is 5.05. The number of halogens is 1. The van der Waals surface area contributed by atoms with Crippen LogP contribution in [0.15, 0.2) is 54.0 Å². The maximum absolute atomic E-state index is 13.1. The third kappa shape index (κ3) is 4.51. The molecule has 0 aliphatic carbocycles. The number of hydrogen-bond donors (Lipinski definition) is 1. The Morgan fingerprint density at radius 2 is 2.07 bits per heavy atom. The number of aromatic nitrogens is 2. The molecule has 1 saturated heterocycles. The van der Waals surface area contributed by atoms with Crippen LogP contribution in [0.3, 0.4) is 0 Å². The summed E-state index contributed by atoms with van der Waals surface area (Å²) in [6.45, 7) is 5.29. The van der Waals surface area contributed by atoms with Gasteiger partial charge in [-0.3, -0.25) is 9.88 Å². The fraction of sp³-hybridized carbons (Fsp3) is 0.333. The molecule has 2 unspecified atom stereocenters. The van der Waals surface area contributed by atoms with Gasteiger partial charge in [0, 0.05) is 42.8 Å². The summed E-state index contributed by atoms with van der Waals surface area (Å²) >= 11 is 1.61. The predicted molar refractivity (Wildman–Crippen MR) is 108 cm³/mol. The number of pyridine rings is 1. The van der Waals surface area contributed by atoms with E-state index in [9.17, 15) is 4.39 Å². The van der Waals surface area contributed by atoms with E-state index in [-0.39, 0.29) is 5.82 Å². The van der Waals surface area contributed by atoms with Gasteiger partial charge in [-0.15, -0.1) is 11.3 Å². The van der Waals surface area contributed by atoms with Crippen molar-refractivity contribution in [1.29, 1.82) is 0 Å². The van der Waals surface area contributed by atoms with E-state index in [2.05, 4.69) is 33.2 Å². The van der Waals surface area contributed by atoms with Gasteiger partial charge in [0.1, 0.15) is 5.82 Å². The van der Waals surface area contributed by atoms with Crippen LogP contribution in [0, 0.1) is 11.7 Å². The van der Waals surface area contributed by atoms with E-state index in [0.717, 1.165) is 48.1 Å². The highest BCUT2D eigenvalue weighted by atomic mass is 32.1. The molecule has 1 N–H and O–H groups in total. The number of thiazole rings is 1. The predicted octanol–water partition coefficient (Wildman–Crippen LogP) is 4.67. The molecule has 0 saturated carbocycles. The van der Waals surface area contributed by atoms with Gasteiger partial charge in [-0.05, 0) is 48.7 Å². The van der Waals surface area contributed by atoms with Crippen molar-refractivity contribution >= 4 is 16.5 Å². The Hall–Kier alpha value is -2.31. The highest BCUT2D eigenvalue weighted by Crippen LogP contribution is 2.28. The second kappa shape index (κ2) is 8.15. The molecule has 6 heteroatoms. The van der Waals surface area contributed by atoms with Gasteiger partial charge in [-0.2, -0.15) is 0 Å². The first-order valence-corrected chi connectivity index (χ1v) is 10.2. The third-order valence-corrected chi connectivity index (χ3v) is 5.83. The van der Waals surface area contributed by atoms with E-state index < -0.39 is 0 Å². The molecular weight excluding hydrogens is 359 g/mol. The Labute approximate surface area is 163 Å². The van der Waals surface area contributed by atoms with E-state index in [4.69, 9.17) is 0 Å². The Morgan fingerprint density at radius 1 is 1.22 bits per heavy atom. The number of rotatable bonds is 5. The molecule has 4 rings (SSSR count). The second-order valence-corrected chi connectivity index (χ2v) is 7.98. The van der Waals surface area contributed by atoms with Crippen LogP contribution in [0.25, 0.3) is 11.3 Å². The number of likely N-dealkylation sites (tertiary alicyclic amines) is 1. The van der Waals surface area contributed by atoms with E-state index in [1.54, 1.807) is 23.5 Å². The summed E-state index contributed by atoms with van der Waals surface area (Å²) in [6.07, 6.45) is 2.94. The molecule has 0 radical (unpaired) electrons. The lowest BCUT2D eigenvalue weighted by atomic mass is 9.94. The van der Waals surface area contributed by atoms with E-state index in [0.29, 0.717) is 12.0 Å². The number of benzene rings is 1. The van der Waals surface area contributed by atoms with Crippen LogP contribution in [-0.2, 0) is 6.54 Å². The van der Waals surface area contributed by atoms with Gasteiger partial charge in [-0.25, -0.2) is 9.37 Å². The first-order valence-electron chi connectivity index (χ1n) is 9.27. The van der Waals surface area contributed by atoms with Gasteiger partial charge < -0.3 is 5.32 Å². The zero-order chi connectivity index (χ0) is 18.6. The van der Waals surface area contributed by atoms with Gasteiger partial charge in [0.25, 0.3) is 0 Å². The normalized spacial score (nSPS) is 20.5. The van der Waals surface area contributed by atoms with E-state index in [1.165, 1.54) is 12.1 Å². The van der Waals surface area contributed by atoms with Crippen molar-refractivity contribution in [2.75, 3.05) is 18.4 Å². The molecule has 1 aliphatic rings. The summed E-state index contributed by atoms with van der Waals surface area (Å²) in [6, 6.07) is 13.0. The standard InChI is InChI=1S/C21H23FN4S/c1-15-12-26(13-18-4-2-3-10-23-18)11-9-19(15)24-21-25-20(14-27-21)16-5-7-17(22)8-6-16/h2-8,10,14-15,19H,9,11-13H2,1H3,(H,24,25). The molecule has 4 nitrogen and oxygen atoms in total. The monoisotopic (exact) mass is 382 g/mol. The average molecular weight is 383 g/mol. The highest BCUT2D eigenvalue weighted by molar-refractivity contribution is 7.14. The smallest absolute Gasteiger partial charge is 0.183 e. The van der Waals surface area contributed by atoms with E-state index >= 15 is 0 Å². The summed E-state index contributed by atoms with van der Waals surface area (Å²) in [7, 11) is 0. The van der Waals surface area contributed by atoms with Crippen molar-refractivity contribution in [2.24, 2.45) is 5.92 Å². The Balaban J connectivity index is 1.35. The molecule has 0 bridgehead atoms. The molecule has 27 heavy (non-hydrogen) atoms. The van der Waals surface area contributed by atoms with Crippen molar-refractivity contribution in [3.63, 3.8) is 0 Å². The zero-order valence-electron chi connectivity index (χ0n) is 15.3. The van der Waals surface area contributed by atoms with Crippen LogP contribution in [0.1, 0.15) is 19.0 Å². The Morgan fingerprint density at radius 3 is 2.81 bits per heavy atom. The number of anilines is 1. The Kier molecular flexibility index (Phi) is 5.45. The molecule has 1 aliphatic heterocycles. The number of piperidine rings is 1. The minimum atomic E-state index is -0.224. The maximum atomic E-state index is 13.1. The van der Waals surface area contributed by atoms with Crippen molar-refractivity contribution < 1.29 is 4.39 Å². The molecular formula is C21H23FN4S. The van der Waals surface area contributed by atoms with Crippen LogP contribution < -0.4 is 5.32 Å². The lowest BCUT2D eigenvalue weighted by Gasteiger charge is -2.37. The maximum Gasteiger partial charge on any atom is 0.183 e. The topological polar surface area (TPSA) is 41.1 Å². The molecule has 0 amide bonds. The molecule has 3 heterocycles. The van der Waals surface area contributed by atoms with Crippen LogP contribution in [-0.4, -0.2) is 34.0 Å². The minimum Gasteiger partial charge on any atom is -0.358 e.